The molecule has 0 radical (unpaired) electrons. The largest absolute Gasteiger partial charge is 0.332 e. The summed E-state index contributed by atoms with van der Waals surface area (Å²) in [6.07, 6.45) is 0. The zero-order chi connectivity index (χ0) is 9.28. The highest BCUT2D eigenvalue weighted by atomic mass is 17.1. The van der Waals surface area contributed by atoms with Crippen molar-refractivity contribution in [3.63, 3.8) is 0 Å². The number of carbonyl (C=O) groups is 1. The lowest BCUT2D eigenvalue weighted by atomic mass is 10.8. The molecule has 0 spiro atoms. The second-order valence-electron chi connectivity index (χ2n) is 0.960. The molecule has 11 heavy (non-hydrogen) atoms. The van der Waals surface area contributed by atoms with E-state index in [-0.39, 0.29) is 0 Å². The van der Waals surface area contributed by atoms with Gasteiger partial charge in [0, 0.05) is 6.57 Å². The van der Waals surface area contributed by atoms with E-state index in [0.717, 1.165) is 0 Å². The fourth-order valence-electron chi connectivity index (χ4n) is 0.162. The lowest BCUT2D eigenvalue weighted by molar-refractivity contribution is -0.730. The van der Waals surface area contributed by atoms with Gasteiger partial charge in [-0.3, -0.25) is 10.1 Å². The maximum absolute atomic E-state index is 9.90. The predicted octanol–water partition coefficient (Wildman–Crippen LogP) is -0.649. The third-order valence-corrected chi connectivity index (χ3v) is 0.359. The number of nitrogens with zero attached hydrogens (tertiary/aromatic N) is 2. The predicted molar refractivity (Wildman–Crippen MR) is 28.3 cm³/mol. The second-order valence-corrected chi connectivity index (χ2v) is 0.960. The third kappa shape index (κ3) is 11.7. The van der Waals surface area contributed by atoms with E-state index >= 15 is 0 Å². The van der Waals surface area contributed by atoms with Crippen LogP contribution in [0.25, 0.3) is 0 Å². The van der Waals surface area contributed by atoms with E-state index in [4.69, 9.17) is 10.5 Å². The Bertz CT molecular complexity index is 153. The molecule has 0 fully saturated rings. The molecule has 8 heteroatoms. The fraction of sp³-hybridized carbons (Fsp3) is 0.333. The van der Waals surface area contributed by atoms with Crippen molar-refractivity contribution in [1.82, 2.24) is 0 Å². The maximum atomic E-state index is 9.90. The Hall–Kier alpha value is -1.72. The molecule has 0 amide bonds. The first-order valence-electron chi connectivity index (χ1n) is 2.04. The molecule has 0 unspecified atom stereocenters. The van der Waals surface area contributed by atoms with Gasteiger partial charge >= 0.3 is 11.1 Å². The molecule has 0 aliphatic carbocycles. The molecule has 0 heterocycles. The van der Waals surface area contributed by atoms with Gasteiger partial charge in [0.25, 0.3) is 0 Å². The Kier molecular flexibility index (Phi) is 9.04. The van der Waals surface area contributed by atoms with Crippen molar-refractivity contribution in [3.05, 3.63) is 10.1 Å². The van der Waals surface area contributed by atoms with Crippen LogP contribution in [-0.4, -0.2) is 22.9 Å². The Morgan fingerprint density at radius 2 is 2.18 bits per heavy atom. The first-order valence-corrected chi connectivity index (χ1v) is 2.04. The lowest BCUT2D eigenvalue weighted by Gasteiger charge is -1.91. The highest BCUT2D eigenvalue weighted by molar-refractivity contribution is 5.69. The van der Waals surface area contributed by atoms with Crippen LogP contribution in [0.5, 0.6) is 0 Å². The molecule has 0 aromatic rings. The number of hydrogen-bond acceptors (Lipinski definition) is 7. The zero-order valence-corrected chi connectivity index (χ0v) is 5.17. The Labute approximate surface area is 60.6 Å². The molecule has 0 saturated heterocycles. The quantitative estimate of drug-likeness (QED) is 0.334. The van der Waals surface area contributed by atoms with Crippen LogP contribution in [0.15, 0.2) is 0 Å². The normalized spacial score (nSPS) is 7.18. The average Bonchev–Trinajstić information content (AvgIpc) is 1.91. The topological polar surface area (TPSA) is 123 Å². The summed E-state index contributed by atoms with van der Waals surface area (Å²) in [7, 11) is 0. The molecule has 1 N–H and O–H groups in total. The van der Waals surface area contributed by atoms with Crippen LogP contribution in [0.1, 0.15) is 0 Å². The van der Waals surface area contributed by atoms with Crippen molar-refractivity contribution >= 4 is 5.97 Å². The molecule has 0 saturated carbocycles. The van der Waals surface area contributed by atoms with Gasteiger partial charge in [0.1, 0.15) is 0 Å². The molecular weight excluding hydrogens is 160 g/mol. The van der Waals surface area contributed by atoms with Crippen LogP contribution in [0.3, 0.4) is 0 Å². The number of carbonyl (C=O) groups excluding carboxylic acids is 1. The summed E-state index contributed by atoms with van der Waals surface area (Å²) in [6, 6.07) is 0. The van der Waals surface area contributed by atoms with Gasteiger partial charge in [-0.15, -0.1) is 10.1 Å². The SMILES string of the molecule is C#N.O=C(COO)O[N+](=O)[O-]. The molecule has 0 aromatic carbocycles. The molecule has 0 aliphatic heterocycles. The van der Waals surface area contributed by atoms with Gasteiger partial charge in [-0.25, -0.2) is 15.0 Å². The number of hydrogen-bond donors (Lipinski definition) is 1. The van der Waals surface area contributed by atoms with Gasteiger partial charge in [-0.2, -0.15) is 0 Å². The van der Waals surface area contributed by atoms with Crippen LogP contribution >= 0.6 is 0 Å². The highest BCUT2D eigenvalue weighted by Gasteiger charge is 2.05. The third-order valence-electron chi connectivity index (χ3n) is 0.359. The Morgan fingerprint density at radius 3 is 2.45 bits per heavy atom. The van der Waals surface area contributed by atoms with Crippen LogP contribution in [0.4, 0.5) is 0 Å². The van der Waals surface area contributed by atoms with Crippen molar-refractivity contribution < 1.29 is 24.9 Å². The molecule has 0 aliphatic rings. The molecule has 0 bridgehead atoms. The standard InChI is InChI=1S/C2H3NO6.CHN/c4-2(1-8-7)9-3(5)6;1-2/h7H,1H2;1H. The van der Waals surface area contributed by atoms with E-state index in [1.54, 1.807) is 0 Å². The minimum Gasteiger partial charge on any atom is -0.265 e. The van der Waals surface area contributed by atoms with Gasteiger partial charge in [-0.1, -0.05) is 0 Å². The van der Waals surface area contributed by atoms with E-state index in [1.165, 1.54) is 0 Å². The van der Waals surface area contributed by atoms with E-state index in [2.05, 4.69) is 16.3 Å². The minimum absolute atomic E-state index is 0.846. The first-order chi connectivity index (χ1) is 5.16. The summed E-state index contributed by atoms with van der Waals surface area (Å²) in [5, 5.41) is 22.0. The van der Waals surface area contributed by atoms with Gasteiger partial charge in [-0.05, 0) is 0 Å². The summed E-state index contributed by atoms with van der Waals surface area (Å²) in [6.45, 7) is 2.65. The average molecular weight is 164 g/mol. The van der Waals surface area contributed by atoms with Gasteiger partial charge < -0.3 is 0 Å². The van der Waals surface area contributed by atoms with E-state index in [0.29, 0.717) is 0 Å². The molecule has 8 nitrogen and oxygen atoms in total. The number of rotatable bonds is 3. The van der Waals surface area contributed by atoms with Crippen LogP contribution in [0, 0.1) is 21.9 Å². The summed E-state index contributed by atoms with van der Waals surface area (Å²) in [5.41, 5.74) is 0. The fourth-order valence-corrected chi connectivity index (χ4v) is 0.162. The van der Waals surface area contributed by atoms with Crippen LogP contribution in [-0.2, 0) is 14.5 Å². The maximum Gasteiger partial charge on any atom is 0.332 e. The smallest absolute Gasteiger partial charge is 0.265 e. The van der Waals surface area contributed by atoms with Crippen molar-refractivity contribution in [3.8, 4) is 6.57 Å². The second kappa shape index (κ2) is 8.28. The molecule has 0 rings (SSSR count). The van der Waals surface area contributed by atoms with E-state index < -0.39 is 17.7 Å². The van der Waals surface area contributed by atoms with Crippen LogP contribution in [0.2, 0.25) is 0 Å². The molecule has 0 atom stereocenters. The molecular formula is C3H4N2O6. The summed E-state index contributed by atoms with van der Waals surface area (Å²) >= 11 is 0. The summed E-state index contributed by atoms with van der Waals surface area (Å²) in [4.78, 5) is 25.7. The van der Waals surface area contributed by atoms with Gasteiger partial charge in [0.2, 0.25) is 0 Å². The van der Waals surface area contributed by atoms with E-state index in [1.807, 2.05) is 0 Å². The summed E-state index contributed by atoms with van der Waals surface area (Å²) < 4.78 is 0. The van der Waals surface area contributed by atoms with Gasteiger partial charge in [0.05, 0.1) is 0 Å². The monoisotopic (exact) mass is 164 g/mol. The number of nitriles is 1. The molecule has 0 aromatic heterocycles. The summed E-state index contributed by atoms with van der Waals surface area (Å²) in [5.74, 6) is -1.26. The highest BCUT2D eigenvalue weighted by Crippen LogP contribution is 1.77. The Morgan fingerprint density at radius 1 is 1.73 bits per heavy atom. The zero-order valence-electron chi connectivity index (χ0n) is 5.17. The first kappa shape index (κ1) is 12.0. The minimum atomic E-state index is -1.29. The van der Waals surface area contributed by atoms with Crippen molar-refractivity contribution in [2.24, 2.45) is 0 Å². The van der Waals surface area contributed by atoms with Crippen molar-refractivity contribution in [2.45, 2.75) is 0 Å². The molecule has 62 valence electrons. The van der Waals surface area contributed by atoms with E-state index in [9.17, 15) is 14.9 Å². The lowest BCUT2D eigenvalue weighted by Crippen LogP contribution is -2.15. The van der Waals surface area contributed by atoms with Crippen LogP contribution < -0.4 is 0 Å². The Balaban J connectivity index is 0. The van der Waals surface area contributed by atoms with Gasteiger partial charge in [0.15, 0.2) is 6.61 Å². The van der Waals surface area contributed by atoms with Crippen molar-refractivity contribution in [2.75, 3.05) is 6.61 Å². The van der Waals surface area contributed by atoms with Crippen molar-refractivity contribution in [1.29, 1.82) is 5.26 Å².